The number of hydrogen-bond donors (Lipinski definition) is 0. The molecule has 0 aliphatic carbocycles. The molecule has 132 valence electrons. The summed E-state index contributed by atoms with van der Waals surface area (Å²) in [7, 11) is 0. The molecule has 0 saturated carbocycles. The Hall–Kier alpha value is -3.62. The minimum atomic E-state index is -0.499. The van der Waals surface area contributed by atoms with Gasteiger partial charge in [-0.05, 0) is 17.7 Å². The molecule has 0 unspecified atom stereocenters. The van der Waals surface area contributed by atoms with Crippen molar-refractivity contribution in [2.24, 2.45) is 0 Å². The molecule has 2 heterocycles. The lowest BCUT2D eigenvalue weighted by atomic mass is 10.2. The molecule has 1 aromatic carbocycles. The highest BCUT2D eigenvalue weighted by atomic mass is 16.6. The molecule has 9 heteroatoms. The van der Waals surface area contributed by atoms with Crippen molar-refractivity contribution in [3.05, 3.63) is 70.4 Å². The van der Waals surface area contributed by atoms with Crippen LogP contribution in [0.5, 0.6) is 0 Å². The summed E-state index contributed by atoms with van der Waals surface area (Å²) in [5.41, 5.74) is 1.22. The number of esters is 1. The number of non-ortho nitro benzene ring substituents is 1. The Bertz CT molecular complexity index is 910. The number of ether oxygens (including phenoxy) is 1. The SMILES string of the molecule is O=C(CCc1nc(-c2cccnc2)no1)OCc1cccc([N+](=O)[O-])c1. The smallest absolute Gasteiger partial charge is 0.306 e. The summed E-state index contributed by atoms with van der Waals surface area (Å²) >= 11 is 0. The van der Waals surface area contributed by atoms with Gasteiger partial charge in [0.15, 0.2) is 0 Å². The van der Waals surface area contributed by atoms with Crippen molar-refractivity contribution >= 4 is 11.7 Å². The van der Waals surface area contributed by atoms with Gasteiger partial charge in [0.2, 0.25) is 11.7 Å². The molecule has 3 aromatic rings. The first-order valence-corrected chi connectivity index (χ1v) is 7.74. The largest absolute Gasteiger partial charge is 0.461 e. The lowest BCUT2D eigenvalue weighted by Crippen LogP contribution is -2.06. The quantitative estimate of drug-likeness (QED) is 0.361. The summed E-state index contributed by atoms with van der Waals surface area (Å²) in [6.45, 7) is -0.0364. The third-order valence-corrected chi connectivity index (χ3v) is 3.45. The fourth-order valence-electron chi connectivity index (χ4n) is 2.17. The summed E-state index contributed by atoms with van der Waals surface area (Å²) in [6, 6.07) is 9.50. The Labute approximate surface area is 147 Å². The molecule has 0 bridgehead atoms. The van der Waals surface area contributed by atoms with E-state index in [0.29, 0.717) is 17.3 Å². The van der Waals surface area contributed by atoms with Crippen LogP contribution < -0.4 is 0 Å². The van der Waals surface area contributed by atoms with E-state index in [0.717, 1.165) is 5.56 Å². The zero-order valence-electron chi connectivity index (χ0n) is 13.6. The first kappa shape index (κ1) is 17.2. The van der Waals surface area contributed by atoms with Crippen LogP contribution in [-0.4, -0.2) is 26.0 Å². The second kappa shape index (κ2) is 7.97. The van der Waals surface area contributed by atoms with Gasteiger partial charge >= 0.3 is 5.97 Å². The topological polar surface area (TPSA) is 121 Å². The molecular formula is C17H14N4O5. The van der Waals surface area contributed by atoms with E-state index < -0.39 is 10.9 Å². The van der Waals surface area contributed by atoms with E-state index in [2.05, 4.69) is 15.1 Å². The van der Waals surface area contributed by atoms with Crippen LogP contribution in [0.3, 0.4) is 0 Å². The van der Waals surface area contributed by atoms with Crippen molar-refractivity contribution in [1.82, 2.24) is 15.1 Å². The number of rotatable bonds is 7. The van der Waals surface area contributed by atoms with Crippen LogP contribution in [0.4, 0.5) is 5.69 Å². The number of nitro benzene ring substituents is 1. The molecule has 0 fully saturated rings. The lowest BCUT2D eigenvalue weighted by Gasteiger charge is -2.04. The third kappa shape index (κ3) is 4.47. The van der Waals surface area contributed by atoms with Crippen LogP contribution in [-0.2, 0) is 22.6 Å². The average molecular weight is 354 g/mol. The number of nitro groups is 1. The second-order valence-electron chi connectivity index (χ2n) is 5.34. The van der Waals surface area contributed by atoms with Gasteiger partial charge in [0.05, 0.1) is 11.3 Å². The standard InChI is InChI=1S/C17H14N4O5/c22-16(25-11-12-3-1-5-14(9-12)21(23)24)7-6-15-19-17(20-26-15)13-4-2-8-18-10-13/h1-5,8-10H,6-7,11H2. The van der Waals surface area contributed by atoms with Crippen LogP contribution in [0, 0.1) is 10.1 Å². The van der Waals surface area contributed by atoms with Gasteiger partial charge in [-0.15, -0.1) is 0 Å². The average Bonchev–Trinajstić information content (AvgIpc) is 3.15. The van der Waals surface area contributed by atoms with E-state index in [-0.39, 0.29) is 25.1 Å². The number of aromatic nitrogens is 3. The van der Waals surface area contributed by atoms with Crippen LogP contribution >= 0.6 is 0 Å². The van der Waals surface area contributed by atoms with Gasteiger partial charge < -0.3 is 9.26 Å². The maximum atomic E-state index is 11.8. The van der Waals surface area contributed by atoms with Crippen molar-refractivity contribution in [2.45, 2.75) is 19.4 Å². The monoisotopic (exact) mass is 354 g/mol. The van der Waals surface area contributed by atoms with E-state index in [1.807, 2.05) is 0 Å². The maximum Gasteiger partial charge on any atom is 0.306 e. The van der Waals surface area contributed by atoms with E-state index in [9.17, 15) is 14.9 Å². The summed E-state index contributed by atoms with van der Waals surface area (Å²) < 4.78 is 10.2. The van der Waals surface area contributed by atoms with Gasteiger partial charge in [-0.1, -0.05) is 17.3 Å². The first-order valence-electron chi connectivity index (χ1n) is 7.74. The van der Waals surface area contributed by atoms with Gasteiger partial charge in [-0.2, -0.15) is 4.98 Å². The van der Waals surface area contributed by atoms with Crippen LogP contribution in [0.1, 0.15) is 17.9 Å². The van der Waals surface area contributed by atoms with Gasteiger partial charge in [0, 0.05) is 36.5 Å². The van der Waals surface area contributed by atoms with Crippen molar-refractivity contribution in [3.63, 3.8) is 0 Å². The number of benzene rings is 1. The van der Waals surface area contributed by atoms with Gasteiger partial charge in [0.25, 0.3) is 5.69 Å². The Morgan fingerprint density at radius 3 is 2.92 bits per heavy atom. The van der Waals surface area contributed by atoms with Gasteiger partial charge in [-0.25, -0.2) is 0 Å². The van der Waals surface area contributed by atoms with Crippen molar-refractivity contribution < 1.29 is 19.0 Å². The van der Waals surface area contributed by atoms with Gasteiger partial charge in [0.1, 0.15) is 6.61 Å². The minimum absolute atomic E-state index is 0.0364. The number of carbonyl (C=O) groups excluding carboxylic acids is 1. The molecule has 0 aliphatic heterocycles. The fourth-order valence-corrected chi connectivity index (χ4v) is 2.17. The molecule has 2 aromatic heterocycles. The zero-order chi connectivity index (χ0) is 18.4. The summed E-state index contributed by atoms with van der Waals surface area (Å²) in [4.78, 5) is 30.2. The molecule has 0 radical (unpaired) electrons. The van der Waals surface area contributed by atoms with Crippen LogP contribution in [0.2, 0.25) is 0 Å². The predicted octanol–water partition coefficient (Wildman–Crippen LogP) is 2.72. The number of nitrogens with zero attached hydrogens (tertiary/aromatic N) is 4. The Morgan fingerprint density at radius 1 is 1.27 bits per heavy atom. The van der Waals surface area contributed by atoms with E-state index >= 15 is 0 Å². The summed E-state index contributed by atoms with van der Waals surface area (Å²) in [5, 5.41) is 14.6. The number of aryl methyl sites for hydroxylation is 1. The highest BCUT2D eigenvalue weighted by molar-refractivity contribution is 5.69. The molecule has 0 saturated heterocycles. The number of hydrogen-bond acceptors (Lipinski definition) is 8. The van der Waals surface area contributed by atoms with Crippen molar-refractivity contribution in [3.8, 4) is 11.4 Å². The molecular weight excluding hydrogens is 340 g/mol. The first-order chi connectivity index (χ1) is 12.6. The molecule has 0 amide bonds. The highest BCUT2D eigenvalue weighted by Gasteiger charge is 2.12. The maximum absolute atomic E-state index is 11.8. The van der Waals surface area contributed by atoms with Crippen molar-refractivity contribution in [2.75, 3.05) is 0 Å². The Balaban J connectivity index is 1.49. The summed E-state index contributed by atoms with van der Waals surface area (Å²) in [6.07, 6.45) is 3.55. The van der Waals surface area contributed by atoms with Crippen molar-refractivity contribution in [1.29, 1.82) is 0 Å². The van der Waals surface area contributed by atoms with Gasteiger partial charge in [-0.3, -0.25) is 19.9 Å². The third-order valence-electron chi connectivity index (χ3n) is 3.45. The number of pyridine rings is 1. The predicted molar refractivity (Wildman–Crippen MR) is 88.7 cm³/mol. The summed E-state index contributed by atoms with van der Waals surface area (Å²) in [5.74, 6) is 0.256. The van der Waals surface area contributed by atoms with Crippen LogP contribution in [0.25, 0.3) is 11.4 Å². The van der Waals surface area contributed by atoms with E-state index in [4.69, 9.17) is 9.26 Å². The minimum Gasteiger partial charge on any atom is -0.461 e. The van der Waals surface area contributed by atoms with Crippen LogP contribution in [0.15, 0.2) is 53.3 Å². The Morgan fingerprint density at radius 2 is 2.15 bits per heavy atom. The normalized spacial score (nSPS) is 10.5. The molecule has 0 atom stereocenters. The zero-order valence-corrected chi connectivity index (χ0v) is 13.6. The molecule has 3 rings (SSSR count). The molecule has 9 nitrogen and oxygen atoms in total. The molecule has 0 spiro atoms. The van der Waals surface area contributed by atoms with E-state index in [1.165, 1.54) is 12.1 Å². The number of carbonyl (C=O) groups is 1. The molecule has 0 aliphatic rings. The molecule has 0 N–H and O–H groups in total. The second-order valence-corrected chi connectivity index (χ2v) is 5.34. The molecule has 26 heavy (non-hydrogen) atoms. The van der Waals surface area contributed by atoms with E-state index in [1.54, 1.807) is 36.7 Å². The fraction of sp³-hybridized carbons (Fsp3) is 0.176. The lowest BCUT2D eigenvalue weighted by molar-refractivity contribution is -0.384. The Kier molecular flexibility index (Phi) is 5.28. The highest BCUT2D eigenvalue weighted by Crippen LogP contribution is 2.16.